The van der Waals surface area contributed by atoms with E-state index in [4.69, 9.17) is 0 Å². The molecule has 0 aliphatic heterocycles. The topological polar surface area (TPSA) is 71.1 Å². The first-order chi connectivity index (χ1) is 13.2. The Labute approximate surface area is 165 Å². The summed E-state index contributed by atoms with van der Waals surface area (Å²) in [6.07, 6.45) is 5.80. The molecule has 3 aromatic rings. The van der Waals surface area contributed by atoms with Gasteiger partial charge in [-0.05, 0) is 42.5 Å². The minimum Gasteiger partial charge on any atom is -0.326 e. The highest BCUT2D eigenvalue weighted by Gasteiger charge is 2.22. The predicted octanol–water partition coefficient (Wildman–Crippen LogP) is 5.06. The van der Waals surface area contributed by atoms with Gasteiger partial charge in [0.1, 0.15) is 0 Å². The number of thiazole rings is 1. The molecule has 2 amide bonds. The molecule has 1 fully saturated rings. The second-order valence-corrected chi connectivity index (χ2v) is 8.89. The van der Waals surface area contributed by atoms with Crippen LogP contribution < -0.4 is 10.6 Å². The van der Waals surface area contributed by atoms with E-state index in [1.54, 1.807) is 11.3 Å². The summed E-state index contributed by atoms with van der Waals surface area (Å²) in [5.41, 5.74) is 1.51. The van der Waals surface area contributed by atoms with Crippen LogP contribution in [-0.2, 0) is 16.0 Å². The molecule has 2 N–H and O–H groups in total. The van der Waals surface area contributed by atoms with Crippen molar-refractivity contribution in [3.63, 3.8) is 0 Å². The van der Waals surface area contributed by atoms with Crippen LogP contribution in [-0.4, -0.2) is 16.8 Å². The van der Waals surface area contributed by atoms with Crippen LogP contribution in [0.4, 0.5) is 10.8 Å². The predicted molar refractivity (Wildman–Crippen MR) is 111 cm³/mol. The van der Waals surface area contributed by atoms with E-state index < -0.39 is 0 Å². The molecule has 0 saturated heterocycles. The molecule has 27 heavy (non-hydrogen) atoms. The fourth-order valence-corrected chi connectivity index (χ4v) is 4.96. The van der Waals surface area contributed by atoms with Crippen molar-refractivity contribution in [1.29, 1.82) is 0 Å². The Hall–Kier alpha value is -2.25. The van der Waals surface area contributed by atoms with Crippen LogP contribution >= 0.6 is 22.7 Å². The number of anilines is 2. The van der Waals surface area contributed by atoms with Gasteiger partial charge in [-0.15, -0.1) is 11.3 Å². The molecule has 0 atom stereocenters. The lowest BCUT2D eigenvalue weighted by molar-refractivity contribution is -0.120. The maximum absolute atomic E-state index is 12.4. The van der Waals surface area contributed by atoms with Crippen molar-refractivity contribution in [3.8, 4) is 0 Å². The van der Waals surface area contributed by atoms with Crippen LogP contribution in [0.3, 0.4) is 0 Å². The molecule has 140 valence electrons. The van der Waals surface area contributed by atoms with Crippen molar-refractivity contribution in [3.05, 3.63) is 40.6 Å². The fourth-order valence-electron chi connectivity index (χ4n) is 3.41. The number of aromatic nitrogens is 1. The number of thiophene rings is 1. The highest BCUT2D eigenvalue weighted by molar-refractivity contribution is 7.22. The summed E-state index contributed by atoms with van der Waals surface area (Å²) in [6, 6.07) is 9.56. The molecule has 1 aliphatic rings. The minimum absolute atomic E-state index is 0.0437. The van der Waals surface area contributed by atoms with Gasteiger partial charge in [0.25, 0.3) is 0 Å². The van der Waals surface area contributed by atoms with Gasteiger partial charge in [-0.2, -0.15) is 0 Å². The smallest absolute Gasteiger partial charge is 0.229 e. The molecule has 2 heterocycles. The first kappa shape index (κ1) is 18.1. The molecular weight excluding hydrogens is 378 g/mol. The Morgan fingerprint density at radius 1 is 1.11 bits per heavy atom. The lowest BCUT2D eigenvalue weighted by Gasteiger charge is -2.19. The SMILES string of the molecule is O=C(Cc1cccs1)Nc1ccc2sc(NC(=O)C3CCCCC3)nc2c1. The van der Waals surface area contributed by atoms with Gasteiger partial charge in [0, 0.05) is 16.5 Å². The van der Waals surface area contributed by atoms with E-state index >= 15 is 0 Å². The number of fused-ring (bicyclic) bond motifs is 1. The molecule has 1 aromatic carbocycles. The molecule has 0 radical (unpaired) electrons. The van der Waals surface area contributed by atoms with Crippen LogP contribution in [0.15, 0.2) is 35.7 Å². The average Bonchev–Trinajstić information content (AvgIpc) is 3.31. The van der Waals surface area contributed by atoms with Gasteiger partial charge in [0.05, 0.1) is 16.6 Å². The van der Waals surface area contributed by atoms with E-state index in [2.05, 4.69) is 15.6 Å². The Morgan fingerprint density at radius 2 is 1.96 bits per heavy atom. The maximum Gasteiger partial charge on any atom is 0.229 e. The normalized spacial score (nSPS) is 15.0. The summed E-state index contributed by atoms with van der Waals surface area (Å²) in [5.74, 6) is 0.147. The average molecular weight is 400 g/mol. The summed E-state index contributed by atoms with van der Waals surface area (Å²) in [7, 11) is 0. The lowest BCUT2D eigenvalue weighted by Crippen LogP contribution is -2.24. The lowest BCUT2D eigenvalue weighted by atomic mass is 9.89. The molecule has 0 unspecified atom stereocenters. The maximum atomic E-state index is 12.4. The zero-order valence-corrected chi connectivity index (χ0v) is 16.5. The van der Waals surface area contributed by atoms with Gasteiger partial charge < -0.3 is 10.6 Å². The summed E-state index contributed by atoms with van der Waals surface area (Å²) in [4.78, 5) is 30.1. The molecule has 5 nitrogen and oxygen atoms in total. The zero-order chi connectivity index (χ0) is 18.6. The second kappa shape index (κ2) is 8.19. The number of hydrogen-bond acceptors (Lipinski definition) is 5. The largest absolute Gasteiger partial charge is 0.326 e. The van der Waals surface area contributed by atoms with Crippen molar-refractivity contribution in [2.24, 2.45) is 5.92 Å². The van der Waals surface area contributed by atoms with Gasteiger partial charge in [-0.1, -0.05) is 36.7 Å². The van der Waals surface area contributed by atoms with Crippen LogP contribution in [0.2, 0.25) is 0 Å². The Bertz CT molecular complexity index is 943. The van der Waals surface area contributed by atoms with Crippen molar-refractivity contribution >= 4 is 55.5 Å². The number of rotatable bonds is 5. The van der Waals surface area contributed by atoms with Gasteiger partial charge in [0.2, 0.25) is 11.8 Å². The number of benzene rings is 1. The third-order valence-electron chi connectivity index (χ3n) is 4.79. The number of amides is 2. The molecule has 1 saturated carbocycles. The number of carbonyl (C=O) groups is 2. The molecule has 0 bridgehead atoms. The molecule has 4 rings (SSSR count). The molecule has 2 aromatic heterocycles. The number of nitrogens with zero attached hydrogens (tertiary/aromatic N) is 1. The van der Waals surface area contributed by atoms with Gasteiger partial charge >= 0.3 is 0 Å². The van der Waals surface area contributed by atoms with Gasteiger partial charge in [-0.3, -0.25) is 9.59 Å². The molecule has 1 aliphatic carbocycles. The van der Waals surface area contributed by atoms with Crippen LogP contribution in [0.25, 0.3) is 10.2 Å². The monoisotopic (exact) mass is 399 g/mol. The highest BCUT2D eigenvalue weighted by atomic mass is 32.1. The van der Waals surface area contributed by atoms with E-state index in [0.29, 0.717) is 11.6 Å². The van der Waals surface area contributed by atoms with Crippen LogP contribution in [0, 0.1) is 5.92 Å². The summed E-state index contributed by atoms with van der Waals surface area (Å²) >= 11 is 3.04. The van der Waals surface area contributed by atoms with Crippen molar-refractivity contribution in [2.45, 2.75) is 38.5 Å². The van der Waals surface area contributed by atoms with Gasteiger partial charge in [-0.25, -0.2) is 4.98 Å². The molecule has 7 heteroatoms. The van der Waals surface area contributed by atoms with Crippen molar-refractivity contribution in [1.82, 2.24) is 4.98 Å². The summed E-state index contributed by atoms with van der Waals surface area (Å²) < 4.78 is 0.991. The van der Waals surface area contributed by atoms with Crippen molar-refractivity contribution in [2.75, 3.05) is 10.6 Å². The standard InChI is InChI=1S/C20H21N3O2S2/c24-18(12-15-7-4-10-26-15)21-14-8-9-17-16(11-14)22-20(27-17)23-19(25)13-5-2-1-3-6-13/h4,7-11,13H,1-3,5-6,12H2,(H,21,24)(H,22,23,25). The fraction of sp³-hybridized carbons (Fsp3) is 0.350. The zero-order valence-electron chi connectivity index (χ0n) is 14.9. The third-order valence-corrected chi connectivity index (χ3v) is 6.62. The Balaban J connectivity index is 1.42. The molecule has 0 spiro atoms. The third kappa shape index (κ3) is 4.54. The van der Waals surface area contributed by atoms with E-state index in [1.165, 1.54) is 17.8 Å². The number of hydrogen-bond donors (Lipinski definition) is 2. The Morgan fingerprint density at radius 3 is 2.74 bits per heavy atom. The van der Waals surface area contributed by atoms with Crippen molar-refractivity contribution < 1.29 is 9.59 Å². The van der Waals surface area contributed by atoms with E-state index in [0.717, 1.165) is 46.5 Å². The van der Waals surface area contributed by atoms with Crippen LogP contribution in [0.1, 0.15) is 37.0 Å². The summed E-state index contributed by atoms with van der Waals surface area (Å²) in [5, 5.41) is 8.49. The number of carbonyl (C=O) groups excluding carboxylic acids is 2. The summed E-state index contributed by atoms with van der Waals surface area (Å²) in [6.45, 7) is 0. The quantitative estimate of drug-likeness (QED) is 0.630. The Kier molecular flexibility index (Phi) is 5.50. The highest BCUT2D eigenvalue weighted by Crippen LogP contribution is 2.30. The number of nitrogens with one attached hydrogen (secondary N) is 2. The minimum atomic E-state index is -0.0437. The van der Waals surface area contributed by atoms with E-state index in [9.17, 15) is 9.59 Å². The van der Waals surface area contributed by atoms with E-state index in [-0.39, 0.29) is 17.7 Å². The van der Waals surface area contributed by atoms with Crippen LogP contribution in [0.5, 0.6) is 0 Å². The molecular formula is C20H21N3O2S2. The first-order valence-electron chi connectivity index (χ1n) is 9.21. The van der Waals surface area contributed by atoms with E-state index in [1.807, 2.05) is 35.7 Å². The first-order valence-corrected chi connectivity index (χ1v) is 10.9. The van der Waals surface area contributed by atoms with Gasteiger partial charge in [0.15, 0.2) is 5.13 Å². The second-order valence-electron chi connectivity index (χ2n) is 6.83.